The number of hydrogen-bond donors (Lipinski definition) is 1. The van der Waals surface area contributed by atoms with E-state index < -0.39 is 0 Å². The highest BCUT2D eigenvalue weighted by molar-refractivity contribution is 5.37. The van der Waals surface area contributed by atoms with E-state index >= 15 is 0 Å². The molecule has 0 aliphatic rings. The van der Waals surface area contributed by atoms with Crippen molar-refractivity contribution in [3.63, 3.8) is 0 Å². The third-order valence-corrected chi connectivity index (χ3v) is 3.02. The predicted molar refractivity (Wildman–Crippen MR) is 68.5 cm³/mol. The summed E-state index contributed by atoms with van der Waals surface area (Å²) in [7, 11) is 1.74. The second-order valence-electron chi connectivity index (χ2n) is 4.29. The fraction of sp³-hybridized carbons (Fsp3) is 0.308. The zero-order chi connectivity index (χ0) is 12.4. The van der Waals surface area contributed by atoms with Crippen LogP contribution in [0.4, 0.5) is 0 Å². The van der Waals surface area contributed by atoms with E-state index in [1.165, 1.54) is 0 Å². The van der Waals surface area contributed by atoms with Crippen molar-refractivity contribution in [1.29, 1.82) is 0 Å². The van der Waals surface area contributed by atoms with Gasteiger partial charge in [0.2, 0.25) is 0 Å². The lowest BCUT2D eigenvalue weighted by Gasteiger charge is -2.10. The number of benzene rings is 1. The smallest absolute Gasteiger partial charge is 0.330 e. The van der Waals surface area contributed by atoms with Crippen LogP contribution in [0.15, 0.2) is 41.5 Å². The largest absolute Gasteiger partial charge is 0.332 e. The molecule has 1 aromatic heterocycles. The molecule has 0 amide bonds. The highest BCUT2D eigenvalue weighted by atomic mass is 16.1. The maximum absolute atomic E-state index is 11.8. The van der Waals surface area contributed by atoms with Crippen LogP contribution in [-0.2, 0) is 7.05 Å². The summed E-state index contributed by atoms with van der Waals surface area (Å²) in [5.74, 6) is 0.300. The topological polar surface area (TPSA) is 52.9 Å². The molecule has 0 aliphatic heterocycles. The molecular formula is C13H17N3O. The van der Waals surface area contributed by atoms with E-state index in [0.717, 1.165) is 11.3 Å². The Labute approximate surface area is 100 Å². The van der Waals surface area contributed by atoms with Gasteiger partial charge in [-0.15, -0.1) is 0 Å². The Morgan fingerprint density at radius 1 is 1.35 bits per heavy atom. The zero-order valence-electron chi connectivity index (χ0n) is 10.1. The lowest BCUT2D eigenvalue weighted by atomic mass is 10.0. The van der Waals surface area contributed by atoms with Gasteiger partial charge in [0.05, 0.1) is 5.69 Å². The van der Waals surface area contributed by atoms with Crippen molar-refractivity contribution in [3.8, 4) is 5.69 Å². The van der Waals surface area contributed by atoms with E-state index in [4.69, 9.17) is 5.73 Å². The first-order chi connectivity index (χ1) is 8.13. The molecule has 17 heavy (non-hydrogen) atoms. The first-order valence-corrected chi connectivity index (χ1v) is 5.68. The quantitative estimate of drug-likeness (QED) is 0.864. The molecule has 0 bridgehead atoms. The van der Waals surface area contributed by atoms with Crippen molar-refractivity contribution >= 4 is 0 Å². The molecule has 0 saturated heterocycles. The number of hydrogen-bond acceptors (Lipinski definition) is 2. The summed E-state index contributed by atoms with van der Waals surface area (Å²) in [6.45, 7) is 2.68. The third-order valence-electron chi connectivity index (χ3n) is 3.02. The van der Waals surface area contributed by atoms with Crippen molar-refractivity contribution in [2.45, 2.75) is 12.8 Å². The summed E-state index contributed by atoms with van der Waals surface area (Å²) in [4.78, 5) is 11.8. The molecule has 90 valence electrons. The van der Waals surface area contributed by atoms with Gasteiger partial charge in [-0.2, -0.15) is 0 Å². The second kappa shape index (κ2) is 4.59. The second-order valence-corrected chi connectivity index (χ2v) is 4.29. The minimum absolute atomic E-state index is 0.0393. The average molecular weight is 231 g/mol. The minimum atomic E-state index is -0.0393. The van der Waals surface area contributed by atoms with Crippen LogP contribution in [0.1, 0.15) is 18.4 Å². The zero-order valence-corrected chi connectivity index (χ0v) is 10.1. The fourth-order valence-corrected chi connectivity index (χ4v) is 1.78. The first kappa shape index (κ1) is 11.7. The molecule has 0 saturated carbocycles. The standard InChI is InChI=1S/C13H17N3O/c1-10(9-14)11-4-3-5-12(8-11)16-7-6-15(2)13(16)17/h3-8,10H,9,14H2,1-2H3. The maximum atomic E-state index is 11.8. The van der Waals surface area contributed by atoms with Gasteiger partial charge in [-0.25, -0.2) is 4.79 Å². The monoisotopic (exact) mass is 231 g/mol. The lowest BCUT2D eigenvalue weighted by Crippen LogP contribution is -2.20. The Hall–Kier alpha value is -1.81. The lowest BCUT2D eigenvalue weighted by molar-refractivity contribution is 0.770. The van der Waals surface area contributed by atoms with Crippen LogP contribution in [0.25, 0.3) is 5.69 Å². The molecule has 0 spiro atoms. The van der Waals surface area contributed by atoms with Crippen molar-refractivity contribution < 1.29 is 0 Å². The van der Waals surface area contributed by atoms with Crippen LogP contribution >= 0.6 is 0 Å². The van der Waals surface area contributed by atoms with Gasteiger partial charge in [-0.3, -0.25) is 4.57 Å². The molecule has 0 fully saturated rings. The van der Waals surface area contributed by atoms with E-state index in [9.17, 15) is 4.79 Å². The predicted octanol–water partition coefficient (Wildman–Crippen LogP) is 1.24. The maximum Gasteiger partial charge on any atom is 0.332 e. The van der Waals surface area contributed by atoms with Crippen LogP contribution in [-0.4, -0.2) is 15.7 Å². The summed E-state index contributed by atoms with van der Waals surface area (Å²) in [5, 5.41) is 0. The molecule has 0 radical (unpaired) electrons. The first-order valence-electron chi connectivity index (χ1n) is 5.68. The molecule has 2 rings (SSSR count). The van der Waals surface area contributed by atoms with Crippen molar-refractivity contribution in [3.05, 3.63) is 52.7 Å². The molecule has 1 aromatic carbocycles. The van der Waals surface area contributed by atoms with E-state index in [1.807, 2.05) is 24.3 Å². The van der Waals surface area contributed by atoms with Gasteiger partial charge in [0, 0.05) is 19.4 Å². The minimum Gasteiger partial charge on any atom is -0.330 e. The van der Waals surface area contributed by atoms with Gasteiger partial charge in [-0.05, 0) is 30.2 Å². The number of nitrogens with two attached hydrogens (primary N) is 1. The van der Waals surface area contributed by atoms with Crippen molar-refractivity contribution in [2.75, 3.05) is 6.54 Å². The normalized spacial score (nSPS) is 12.6. The van der Waals surface area contributed by atoms with E-state index in [0.29, 0.717) is 12.5 Å². The van der Waals surface area contributed by atoms with Gasteiger partial charge >= 0.3 is 5.69 Å². The Morgan fingerprint density at radius 2 is 2.12 bits per heavy atom. The molecule has 1 atom stereocenters. The average Bonchev–Trinajstić information content (AvgIpc) is 2.69. The highest BCUT2D eigenvalue weighted by Crippen LogP contribution is 2.16. The molecule has 2 N–H and O–H groups in total. The van der Waals surface area contributed by atoms with Crippen LogP contribution in [0.5, 0.6) is 0 Å². The molecule has 4 heteroatoms. The number of rotatable bonds is 3. The van der Waals surface area contributed by atoms with Gasteiger partial charge < -0.3 is 10.3 Å². The molecule has 1 unspecified atom stereocenters. The number of aromatic nitrogens is 2. The van der Waals surface area contributed by atoms with E-state index in [1.54, 1.807) is 28.6 Å². The fourth-order valence-electron chi connectivity index (χ4n) is 1.78. The van der Waals surface area contributed by atoms with Gasteiger partial charge in [0.25, 0.3) is 0 Å². The Bertz CT molecular complexity index is 568. The van der Waals surface area contributed by atoms with E-state index in [2.05, 4.69) is 6.92 Å². The van der Waals surface area contributed by atoms with E-state index in [-0.39, 0.29) is 5.69 Å². The third kappa shape index (κ3) is 2.17. The molecular weight excluding hydrogens is 214 g/mol. The number of nitrogens with zero attached hydrogens (tertiary/aromatic N) is 2. The number of imidazole rings is 1. The van der Waals surface area contributed by atoms with Crippen molar-refractivity contribution in [1.82, 2.24) is 9.13 Å². The SMILES string of the molecule is CC(CN)c1cccc(-n2ccn(C)c2=O)c1. The molecule has 1 heterocycles. The summed E-state index contributed by atoms with van der Waals surface area (Å²) in [5.41, 5.74) is 7.65. The molecule has 0 aliphatic carbocycles. The molecule has 2 aromatic rings. The summed E-state index contributed by atoms with van der Waals surface area (Å²) in [6, 6.07) is 7.93. The van der Waals surface area contributed by atoms with Crippen LogP contribution < -0.4 is 11.4 Å². The van der Waals surface area contributed by atoms with Gasteiger partial charge in [0.15, 0.2) is 0 Å². The van der Waals surface area contributed by atoms with Crippen LogP contribution in [0, 0.1) is 0 Å². The summed E-state index contributed by atoms with van der Waals surface area (Å²) < 4.78 is 3.19. The van der Waals surface area contributed by atoms with Crippen molar-refractivity contribution in [2.24, 2.45) is 12.8 Å². The Balaban J connectivity index is 2.47. The summed E-state index contributed by atoms with van der Waals surface area (Å²) in [6.07, 6.45) is 3.52. The van der Waals surface area contributed by atoms with Gasteiger partial charge in [0.1, 0.15) is 0 Å². The Morgan fingerprint density at radius 3 is 2.71 bits per heavy atom. The summed E-state index contributed by atoms with van der Waals surface area (Å²) >= 11 is 0. The van der Waals surface area contributed by atoms with Crippen LogP contribution in [0.2, 0.25) is 0 Å². The van der Waals surface area contributed by atoms with Gasteiger partial charge in [-0.1, -0.05) is 19.1 Å². The molecule has 4 nitrogen and oxygen atoms in total. The highest BCUT2D eigenvalue weighted by Gasteiger charge is 2.06. The number of aryl methyl sites for hydroxylation is 1. The van der Waals surface area contributed by atoms with Crippen LogP contribution in [0.3, 0.4) is 0 Å². The Kier molecular flexibility index (Phi) is 3.15.